The first-order valence-corrected chi connectivity index (χ1v) is 8.17. The van der Waals surface area contributed by atoms with Crippen LogP contribution in [0.2, 0.25) is 0 Å². The van der Waals surface area contributed by atoms with Crippen LogP contribution in [0.3, 0.4) is 0 Å². The zero-order valence-corrected chi connectivity index (χ0v) is 13.5. The second-order valence-corrected chi connectivity index (χ2v) is 6.07. The number of likely N-dealkylation sites (tertiary alicyclic amines) is 1. The summed E-state index contributed by atoms with van der Waals surface area (Å²) in [7, 11) is 0. The van der Waals surface area contributed by atoms with Gasteiger partial charge in [-0.2, -0.15) is 0 Å². The smallest absolute Gasteiger partial charge is 0.283 e. The fraction of sp³-hybridized carbons (Fsp3) is 0.625. The molecule has 1 saturated heterocycles. The van der Waals surface area contributed by atoms with Crippen LogP contribution in [0.4, 0.5) is 0 Å². The van der Waals surface area contributed by atoms with Gasteiger partial charge in [-0.3, -0.25) is 0 Å². The monoisotopic (exact) mass is 320 g/mol. The molecule has 7 heteroatoms. The van der Waals surface area contributed by atoms with Crippen LogP contribution in [-0.4, -0.2) is 53.0 Å². The average molecular weight is 320 g/mol. The fourth-order valence-corrected chi connectivity index (χ4v) is 2.95. The van der Waals surface area contributed by atoms with Crippen molar-refractivity contribution in [2.45, 2.75) is 26.3 Å². The van der Waals surface area contributed by atoms with Gasteiger partial charge in [-0.25, -0.2) is 0 Å². The molecule has 3 heterocycles. The molecule has 0 aromatic carbocycles. The largest absolute Gasteiger partial charge is 0.459 e. The van der Waals surface area contributed by atoms with E-state index in [1.54, 1.807) is 6.26 Å². The quantitative estimate of drug-likeness (QED) is 0.798. The van der Waals surface area contributed by atoms with Gasteiger partial charge in [-0.15, -0.1) is 10.2 Å². The standard InChI is InChI=1S/C16H24N4O3/c1-12-4-9-22-15(12)16-19-18-14(23-16)11-17-10-13-2-5-20(6-3-13)7-8-21/h4,9,13,17,21H,2-3,5-8,10-11H2,1H3. The van der Waals surface area contributed by atoms with E-state index >= 15 is 0 Å². The molecular formula is C16H24N4O3. The number of hydrogen-bond acceptors (Lipinski definition) is 7. The van der Waals surface area contributed by atoms with E-state index in [4.69, 9.17) is 13.9 Å². The first-order valence-electron chi connectivity index (χ1n) is 8.17. The number of piperidine rings is 1. The summed E-state index contributed by atoms with van der Waals surface area (Å²) in [6, 6.07) is 1.88. The first kappa shape index (κ1) is 16.2. The topological polar surface area (TPSA) is 87.6 Å². The molecule has 0 atom stereocenters. The fourth-order valence-electron chi connectivity index (χ4n) is 2.95. The van der Waals surface area contributed by atoms with Gasteiger partial charge >= 0.3 is 0 Å². The SMILES string of the molecule is Cc1ccoc1-c1nnc(CNCC2CCN(CCO)CC2)o1. The van der Waals surface area contributed by atoms with Gasteiger partial charge in [0.15, 0.2) is 5.76 Å². The molecular weight excluding hydrogens is 296 g/mol. The molecule has 0 amide bonds. The minimum atomic E-state index is 0.248. The lowest BCUT2D eigenvalue weighted by molar-refractivity contribution is 0.146. The van der Waals surface area contributed by atoms with Crippen molar-refractivity contribution in [3.8, 4) is 11.7 Å². The highest BCUT2D eigenvalue weighted by atomic mass is 16.4. The van der Waals surface area contributed by atoms with Crippen molar-refractivity contribution >= 4 is 0 Å². The Kier molecular flexibility index (Phi) is 5.43. The lowest BCUT2D eigenvalue weighted by Gasteiger charge is -2.31. The van der Waals surface area contributed by atoms with Crippen LogP contribution in [0.5, 0.6) is 0 Å². The molecule has 0 spiro atoms. The summed E-state index contributed by atoms with van der Waals surface area (Å²) >= 11 is 0. The summed E-state index contributed by atoms with van der Waals surface area (Å²) in [5.74, 6) is 2.31. The highest BCUT2D eigenvalue weighted by molar-refractivity contribution is 5.49. The van der Waals surface area contributed by atoms with E-state index in [2.05, 4.69) is 20.4 Å². The number of aliphatic hydroxyl groups excluding tert-OH is 1. The second-order valence-electron chi connectivity index (χ2n) is 6.07. The highest BCUT2D eigenvalue weighted by Crippen LogP contribution is 2.22. The van der Waals surface area contributed by atoms with Crippen molar-refractivity contribution in [3.63, 3.8) is 0 Å². The number of nitrogens with zero attached hydrogens (tertiary/aromatic N) is 3. The lowest BCUT2D eigenvalue weighted by Crippen LogP contribution is -2.38. The van der Waals surface area contributed by atoms with Crippen LogP contribution < -0.4 is 5.32 Å². The summed E-state index contributed by atoms with van der Waals surface area (Å²) < 4.78 is 11.0. The minimum absolute atomic E-state index is 0.248. The molecule has 23 heavy (non-hydrogen) atoms. The van der Waals surface area contributed by atoms with Crippen molar-refractivity contribution in [2.24, 2.45) is 5.92 Å². The molecule has 1 aliphatic heterocycles. The van der Waals surface area contributed by atoms with E-state index in [1.807, 2.05) is 13.0 Å². The number of aliphatic hydroxyl groups is 1. The molecule has 1 aliphatic rings. The van der Waals surface area contributed by atoms with Crippen LogP contribution in [-0.2, 0) is 6.54 Å². The van der Waals surface area contributed by atoms with Crippen LogP contribution >= 0.6 is 0 Å². The molecule has 0 saturated carbocycles. The van der Waals surface area contributed by atoms with Crippen molar-refractivity contribution in [1.82, 2.24) is 20.4 Å². The van der Waals surface area contributed by atoms with E-state index < -0.39 is 0 Å². The molecule has 2 N–H and O–H groups in total. The van der Waals surface area contributed by atoms with Gasteiger partial charge in [0.05, 0.1) is 19.4 Å². The third kappa shape index (κ3) is 4.19. The van der Waals surface area contributed by atoms with Crippen molar-refractivity contribution in [1.29, 1.82) is 0 Å². The molecule has 7 nitrogen and oxygen atoms in total. The Bertz CT molecular complexity index is 602. The lowest BCUT2D eigenvalue weighted by atomic mass is 9.97. The predicted molar refractivity (Wildman–Crippen MR) is 84.7 cm³/mol. The van der Waals surface area contributed by atoms with E-state index in [0.717, 1.165) is 44.6 Å². The molecule has 2 aromatic rings. The Labute approximate surface area is 135 Å². The van der Waals surface area contributed by atoms with Crippen LogP contribution in [0, 0.1) is 12.8 Å². The van der Waals surface area contributed by atoms with Crippen molar-refractivity contribution < 1.29 is 13.9 Å². The summed E-state index contributed by atoms with van der Waals surface area (Å²) in [6.07, 6.45) is 3.94. The zero-order chi connectivity index (χ0) is 16.1. The molecule has 0 aliphatic carbocycles. The highest BCUT2D eigenvalue weighted by Gasteiger charge is 2.19. The van der Waals surface area contributed by atoms with E-state index in [0.29, 0.717) is 30.0 Å². The minimum Gasteiger partial charge on any atom is -0.459 e. The number of rotatable bonds is 7. The van der Waals surface area contributed by atoms with E-state index in [-0.39, 0.29) is 6.61 Å². The number of β-amino-alcohol motifs (C(OH)–C–C–N with tert-alkyl or cyclic N) is 1. The Morgan fingerprint density at radius 1 is 1.35 bits per heavy atom. The van der Waals surface area contributed by atoms with Crippen LogP contribution in [0.15, 0.2) is 21.2 Å². The molecule has 0 bridgehead atoms. The maximum atomic E-state index is 8.96. The Hall–Kier alpha value is -1.70. The van der Waals surface area contributed by atoms with Gasteiger partial charge in [0.2, 0.25) is 5.89 Å². The Balaban J connectivity index is 1.42. The number of aryl methyl sites for hydroxylation is 1. The number of nitrogens with one attached hydrogen (secondary N) is 1. The maximum Gasteiger partial charge on any atom is 0.283 e. The summed E-state index contributed by atoms with van der Waals surface area (Å²) in [4.78, 5) is 2.31. The maximum absolute atomic E-state index is 8.96. The summed E-state index contributed by atoms with van der Waals surface area (Å²) in [5, 5.41) is 20.4. The molecule has 0 unspecified atom stereocenters. The first-order chi connectivity index (χ1) is 11.3. The third-order valence-electron chi connectivity index (χ3n) is 4.36. The molecule has 3 rings (SSSR count). The van der Waals surface area contributed by atoms with Crippen molar-refractivity contribution in [3.05, 3.63) is 23.8 Å². The Morgan fingerprint density at radius 2 is 2.17 bits per heavy atom. The van der Waals surface area contributed by atoms with Gasteiger partial charge in [-0.05, 0) is 51.4 Å². The predicted octanol–water partition coefficient (Wildman–Crippen LogP) is 1.43. The molecule has 126 valence electrons. The van der Waals surface area contributed by atoms with Crippen LogP contribution in [0.1, 0.15) is 24.3 Å². The van der Waals surface area contributed by atoms with E-state index in [9.17, 15) is 0 Å². The molecule has 0 radical (unpaired) electrons. The molecule has 2 aromatic heterocycles. The molecule has 1 fully saturated rings. The van der Waals surface area contributed by atoms with Gasteiger partial charge in [0, 0.05) is 12.1 Å². The van der Waals surface area contributed by atoms with Gasteiger partial charge in [0.1, 0.15) is 0 Å². The van der Waals surface area contributed by atoms with E-state index in [1.165, 1.54) is 0 Å². The summed E-state index contributed by atoms with van der Waals surface area (Å²) in [6.45, 7) is 6.64. The number of aromatic nitrogens is 2. The average Bonchev–Trinajstić information content (AvgIpc) is 3.18. The second kappa shape index (κ2) is 7.72. The number of furan rings is 1. The van der Waals surface area contributed by atoms with Gasteiger partial charge < -0.3 is 24.2 Å². The normalized spacial score (nSPS) is 17.0. The zero-order valence-electron chi connectivity index (χ0n) is 13.5. The Morgan fingerprint density at radius 3 is 2.87 bits per heavy atom. The third-order valence-corrected chi connectivity index (χ3v) is 4.36. The van der Waals surface area contributed by atoms with Gasteiger partial charge in [-0.1, -0.05) is 0 Å². The summed E-state index contributed by atoms with van der Waals surface area (Å²) in [5.41, 5.74) is 0.989. The van der Waals surface area contributed by atoms with Crippen LogP contribution in [0.25, 0.3) is 11.7 Å². The van der Waals surface area contributed by atoms with Gasteiger partial charge in [0.25, 0.3) is 5.89 Å². The van der Waals surface area contributed by atoms with Crippen molar-refractivity contribution in [2.75, 3.05) is 32.8 Å². The number of hydrogen-bond donors (Lipinski definition) is 2.